The normalized spacial score (nSPS) is 14.4. The van der Waals surface area contributed by atoms with E-state index in [-0.39, 0.29) is 0 Å². The van der Waals surface area contributed by atoms with Gasteiger partial charge in [0.2, 0.25) is 0 Å². The molecule has 1 fully saturated rings. The van der Waals surface area contributed by atoms with Crippen LogP contribution in [-0.4, -0.2) is 23.7 Å². The van der Waals surface area contributed by atoms with E-state index in [0.717, 1.165) is 23.0 Å². The number of carboxylic acids is 1. The first-order valence-electron chi connectivity index (χ1n) is 5.54. The molecular weight excluding hydrogens is 282 g/mol. The summed E-state index contributed by atoms with van der Waals surface area (Å²) >= 11 is 3.39. The van der Waals surface area contributed by atoms with Gasteiger partial charge in [-0.05, 0) is 31.0 Å². The van der Waals surface area contributed by atoms with E-state index in [1.54, 1.807) is 12.1 Å². The van der Waals surface area contributed by atoms with E-state index in [2.05, 4.69) is 27.4 Å². The van der Waals surface area contributed by atoms with Crippen LogP contribution in [-0.2, 0) is 0 Å². The topological polar surface area (TPSA) is 40.5 Å². The van der Waals surface area contributed by atoms with E-state index < -0.39 is 5.97 Å². The second-order valence-electron chi connectivity index (χ2n) is 4.14. The quantitative estimate of drug-likeness (QED) is 0.848. The average molecular weight is 296 g/mol. The number of hydrogen-bond acceptors (Lipinski definition) is 2. The number of carboxylic acid groups (broad SMARTS) is 1. The summed E-state index contributed by atoms with van der Waals surface area (Å²) in [4.78, 5) is 13.3. The van der Waals surface area contributed by atoms with Crippen molar-refractivity contribution in [2.24, 2.45) is 0 Å². The van der Waals surface area contributed by atoms with Gasteiger partial charge in [0, 0.05) is 17.1 Å². The molecule has 0 aliphatic heterocycles. The first-order valence-corrected chi connectivity index (χ1v) is 6.33. The molecule has 90 valence electrons. The molecule has 0 unspecified atom stereocenters. The summed E-state index contributed by atoms with van der Waals surface area (Å²) in [5, 5.41) is 9.21. The number of halogens is 1. The predicted octanol–water partition coefficient (Wildman–Crippen LogP) is 3.30. The van der Waals surface area contributed by atoms with E-state index >= 15 is 0 Å². The maximum Gasteiger partial charge on any atom is 0.337 e. The number of nitrogens with zero attached hydrogens (tertiary/aromatic N) is 1. The fourth-order valence-corrected chi connectivity index (χ4v) is 2.24. The van der Waals surface area contributed by atoms with Gasteiger partial charge in [-0.25, -0.2) is 4.79 Å². The van der Waals surface area contributed by atoms with Gasteiger partial charge >= 0.3 is 5.97 Å². The van der Waals surface area contributed by atoms with E-state index in [1.807, 2.05) is 12.1 Å². The third-order valence-corrected chi connectivity index (χ3v) is 3.31. The third-order valence-electron chi connectivity index (χ3n) is 2.81. The van der Waals surface area contributed by atoms with Crippen LogP contribution in [0.5, 0.6) is 0 Å². The maximum absolute atomic E-state index is 11.2. The molecule has 0 saturated heterocycles. The van der Waals surface area contributed by atoms with Crippen LogP contribution in [0.3, 0.4) is 0 Å². The molecule has 1 saturated carbocycles. The molecule has 0 heterocycles. The molecule has 17 heavy (non-hydrogen) atoms. The fourth-order valence-electron chi connectivity index (χ4n) is 1.89. The summed E-state index contributed by atoms with van der Waals surface area (Å²) in [6.07, 6.45) is 4.06. The minimum atomic E-state index is -0.887. The predicted molar refractivity (Wildman–Crippen MR) is 71.7 cm³/mol. The van der Waals surface area contributed by atoms with Crippen molar-refractivity contribution in [2.45, 2.75) is 18.9 Å². The first-order chi connectivity index (χ1) is 8.13. The van der Waals surface area contributed by atoms with Gasteiger partial charge in [0.05, 0.1) is 11.3 Å². The highest BCUT2D eigenvalue weighted by molar-refractivity contribution is 9.10. The van der Waals surface area contributed by atoms with Crippen LogP contribution in [0.2, 0.25) is 0 Å². The van der Waals surface area contributed by atoms with Crippen molar-refractivity contribution >= 4 is 27.6 Å². The first kappa shape index (κ1) is 12.2. The van der Waals surface area contributed by atoms with E-state index in [4.69, 9.17) is 0 Å². The highest BCUT2D eigenvalue weighted by Crippen LogP contribution is 2.35. The number of aromatic carboxylic acids is 1. The van der Waals surface area contributed by atoms with Crippen molar-refractivity contribution in [1.29, 1.82) is 0 Å². The SMILES string of the molecule is C=CCN(c1cc(Br)ccc1C(=O)O)C1CC1. The smallest absolute Gasteiger partial charge is 0.337 e. The van der Waals surface area contributed by atoms with Gasteiger partial charge in [-0.15, -0.1) is 6.58 Å². The Morgan fingerprint density at radius 3 is 2.82 bits per heavy atom. The summed E-state index contributed by atoms with van der Waals surface area (Å²) < 4.78 is 0.896. The van der Waals surface area contributed by atoms with Gasteiger partial charge in [-0.2, -0.15) is 0 Å². The summed E-state index contributed by atoms with van der Waals surface area (Å²) in [5.74, 6) is -0.887. The zero-order valence-electron chi connectivity index (χ0n) is 9.40. The molecule has 1 aromatic carbocycles. The average Bonchev–Trinajstić information content (AvgIpc) is 3.09. The lowest BCUT2D eigenvalue weighted by Crippen LogP contribution is -2.27. The van der Waals surface area contributed by atoms with E-state index in [9.17, 15) is 9.90 Å². The molecule has 0 spiro atoms. The highest BCUT2D eigenvalue weighted by Gasteiger charge is 2.30. The Labute approximate surface area is 109 Å². The molecule has 3 nitrogen and oxygen atoms in total. The zero-order valence-corrected chi connectivity index (χ0v) is 11.0. The highest BCUT2D eigenvalue weighted by atomic mass is 79.9. The molecule has 0 atom stereocenters. The molecule has 0 aromatic heterocycles. The van der Waals surface area contributed by atoms with Crippen LogP contribution >= 0.6 is 15.9 Å². The van der Waals surface area contributed by atoms with Crippen LogP contribution in [0.15, 0.2) is 35.3 Å². The zero-order chi connectivity index (χ0) is 12.4. The van der Waals surface area contributed by atoms with Crippen molar-refractivity contribution in [2.75, 3.05) is 11.4 Å². The maximum atomic E-state index is 11.2. The van der Waals surface area contributed by atoms with Crippen molar-refractivity contribution < 1.29 is 9.90 Å². The Hall–Kier alpha value is -1.29. The fraction of sp³-hybridized carbons (Fsp3) is 0.308. The van der Waals surface area contributed by atoms with Crippen molar-refractivity contribution in [3.63, 3.8) is 0 Å². The minimum Gasteiger partial charge on any atom is -0.478 e. The Morgan fingerprint density at radius 2 is 2.29 bits per heavy atom. The molecule has 0 amide bonds. The van der Waals surface area contributed by atoms with Crippen LogP contribution in [0.25, 0.3) is 0 Å². The lowest BCUT2D eigenvalue weighted by atomic mass is 10.1. The molecule has 0 bridgehead atoms. The van der Waals surface area contributed by atoms with Crippen molar-refractivity contribution in [3.05, 3.63) is 40.9 Å². The largest absolute Gasteiger partial charge is 0.478 e. The Kier molecular flexibility index (Phi) is 3.52. The second kappa shape index (κ2) is 4.92. The monoisotopic (exact) mass is 295 g/mol. The lowest BCUT2D eigenvalue weighted by molar-refractivity contribution is 0.0697. The van der Waals surface area contributed by atoms with E-state index in [1.165, 1.54) is 0 Å². The number of rotatable bonds is 5. The third kappa shape index (κ3) is 2.69. The van der Waals surface area contributed by atoms with Gasteiger partial charge in [0.1, 0.15) is 0 Å². The van der Waals surface area contributed by atoms with Gasteiger partial charge < -0.3 is 10.0 Å². The van der Waals surface area contributed by atoms with Crippen LogP contribution in [0.4, 0.5) is 5.69 Å². The van der Waals surface area contributed by atoms with Crippen LogP contribution in [0.1, 0.15) is 23.2 Å². The molecule has 1 aromatic rings. The summed E-state index contributed by atoms with van der Waals surface area (Å²) in [6.45, 7) is 4.41. The Morgan fingerprint density at radius 1 is 1.59 bits per heavy atom. The lowest BCUT2D eigenvalue weighted by Gasteiger charge is -2.25. The molecule has 0 radical (unpaired) electrons. The van der Waals surface area contributed by atoms with Gasteiger partial charge in [0.25, 0.3) is 0 Å². The summed E-state index contributed by atoms with van der Waals surface area (Å²) in [7, 11) is 0. The van der Waals surface area contributed by atoms with Crippen LogP contribution in [0, 0.1) is 0 Å². The molecule has 1 aliphatic carbocycles. The number of carbonyl (C=O) groups is 1. The molecule has 4 heteroatoms. The number of anilines is 1. The van der Waals surface area contributed by atoms with Crippen LogP contribution < -0.4 is 4.90 Å². The Bertz CT molecular complexity index is 455. The standard InChI is InChI=1S/C13H14BrNO2/c1-2-7-15(10-4-5-10)12-8-9(14)3-6-11(12)13(16)17/h2-3,6,8,10H,1,4-5,7H2,(H,16,17). The Balaban J connectivity index is 2.42. The molecule has 1 N–H and O–H groups in total. The summed E-state index contributed by atoms with van der Waals surface area (Å²) in [5.41, 5.74) is 1.12. The number of benzene rings is 1. The summed E-state index contributed by atoms with van der Waals surface area (Å²) in [6, 6.07) is 5.72. The van der Waals surface area contributed by atoms with E-state index in [0.29, 0.717) is 18.2 Å². The minimum absolute atomic E-state index is 0.349. The van der Waals surface area contributed by atoms with Crippen molar-refractivity contribution in [1.82, 2.24) is 0 Å². The second-order valence-corrected chi connectivity index (χ2v) is 5.05. The molecule has 2 rings (SSSR count). The molecular formula is C13H14BrNO2. The number of hydrogen-bond donors (Lipinski definition) is 1. The van der Waals surface area contributed by atoms with Gasteiger partial charge in [0.15, 0.2) is 0 Å². The van der Waals surface area contributed by atoms with Gasteiger partial charge in [-0.1, -0.05) is 22.0 Å². The van der Waals surface area contributed by atoms with Gasteiger partial charge in [-0.3, -0.25) is 0 Å². The molecule has 1 aliphatic rings. The van der Waals surface area contributed by atoms with Crippen molar-refractivity contribution in [3.8, 4) is 0 Å².